The zero-order valence-electron chi connectivity index (χ0n) is 11.3. The average molecular weight is 264 g/mol. The first-order valence-corrected chi connectivity index (χ1v) is 6.31. The summed E-state index contributed by atoms with van der Waals surface area (Å²) in [4.78, 5) is 23.0. The summed E-state index contributed by atoms with van der Waals surface area (Å²) in [5, 5.41) is 13.5. The van der Waals surface area contributed by atoms with Gasteiger partial charge in [-0.1, -0.05) is 44.2 Å². The Balaban J connectivity index is 2.69. The third-order valence-corrected chi connectivity index (χ3v) is 2.83. The number of rotatable bonds is 6. The molecule has 19 heavy (non-hydrogen) atoms. The average Bonchev–Trinajstić information content (AvgIpc) is 2.37. The third-order valence-electron chi connectivity index (χ3n) is 2.83. The van der Waals surface area contributed by atoms with Crippen molar-refractivity contribution >= 4 is 11.9 Å². The maximum Gasteiger partial charge on any atom is 0.283 e. The van der Waals surface area contributed by atoms with Crippen LogP contribution in [0.3, 0.4) is 0 Å². The number of hydrogen-bond acceptors (Lipinski definition) is 3. The predicted octanol–water partition coefficient (Wildman–Crippen LogP) is -0.750. The van der Waals surface area contributed by atoms with E-state index in [1.165, 1.54) is 0 Å². The fourth-order valence-corrected chi connectivity index (χ4v) is 1.79. The molecule has 1 amide bonds. The second-order valence-electron chi connectivity index (χ2n) is 4.97. The quantitative estimate of drug-likeness (QED) is 0.707. The van der Waals surface area contributed by atoms with E-state index in [1.54, 1.807) is 12.1 Å². The summed E-state index contributed by atoms with van der Waals surface area (Å²) in [5.41, 5.74) is 4.53. The van der Waals surface area contributed by atoms with Crippen LogP contribution in [0.2, 0.25) is 0 Å². The van der Waals surface area contributed by atoms with Gasteiger partial charge in [-0.25, -0.2) is 0 Å². The Hall–Kier alpha value is -1.88. The minimum Gasteiger partial charge on any atom is -0.548 e. The number of carboxylic acids is 1. The Morgan fingerprint density at radius 3 is 2.32 bits per heavy atom. The summed E-state index contributed by atoms with van der Waals surface area (Å²) < 4.78 is 0. The lowest BCUT2D eigenvalue weighted by molar-refractivity contribution is -0.410. The van der Waals surface area contributed by atoms with Gasteiger partial charge >= 0.3 is 0 Å². The Labute approximate surface area is 112 Å². The fraction of sp³-hybridized carbons (Fsp3) is 0.429. The van der Waals surface area contributed by atoms with Crippen LogP contribution in [0.5, 0.6) is 0 Å². The van der Waals surface area contributed by atoms with E-state index in [9.17, 15) is 14.7 Å². The molecule has 0 saturated heterocycles. The first kappa shape index (κ1) is 15.2. The molecule has 0 aliphatic rings. The SMILES string of the molecule is CC(C)C[C@@H](NC(=O)[C@H]([NH3+])c1ccccc1)C(=O)[O-]. The van der Waals surface area contributed by atoms with Crippen LogP contribution in [0.15, 0.2) is 30.3 Å². The lowest BCUT2D eigenvalue weighted by atomic mass is 10.0. The van der Waals surface area contributed by atoms with E-state index in [-0.39, 0.29) is 5.92 Å². The highest BCUT2D eigenvalue weighted by Gasteiger charge is 2.23. The smallest absolute Gasteiger partial charge is 0.283 e. The normalized spacial score (nSPS) is 13.9. The second-order valence-corrected chi connectivity index (χ2v) is 4.97. The molecule has 0 bridgehead atoms. The molecule has 0 aliphatic carbocycles. The fourth-order valence-electron chi connectivity index (χ4n) is 1.79. The largest absolute Gasteiger partial charge is 0.548 e. The van der Waals surface area contributed by atoms with E-state index in [0.717, 1.165) is 5.56 Å². The van der Waals surface area contributed by atoms with E-state index in [4.69, 9.17) is 0 Å². The van der Waals surface area contributed by atoms with Crippen molar-refractivity contribution in [2.75, 3.05) is 0 Å². The van der Waals surface area contributed by atoms with E-state index < -0.39 is 24.0 Å². The molecule has 4 N–H and O–H groups in total. The van der Waals surface area contributed by atoms with Crippen molar-refractivity contribution in [3.05, 3.63) is 35.9 Å². The number of carbonyl (C=O) groups is 2. The summed E-state index contributed by atoms with van der Waals surface area (Å²) in [5.74, 6) is -1.51. The highest BCUT2D eigenvalue weighted by Crippen LogP contribution is 2.09. The standard InChI is InChI=1S/C14H20N2O3/c1-9(2)8-11(14(18)19)16-13(17)12(15)10-6-4-3-5-7-10/h3-7,9,11-12H,8,15H2,1-2H3,(H,16,17)(H,18,19)/t11-,12-/m1/s1. The molecule has 0 aliphatic heterocycles. The van der Waals surface area contributed by atoms with Gasteiger partial charge in [0.1, 0.15) is 0 Å². The number of quaternary nitrogens is 1. The molecule has 104 valence electrons. The van der Waals surface area contributed by atoms with Gasteiger partial charge in [-0.3, -0.25) is 4.79 Å². The van der Waals surface area contributed by atoms with Crippen molar-refractivity contribution < 1.29 is 20.4 Å². The Bertz CT molecular complexity index is 432. The van der Waals surface area contributed by atoms with E-state index >= 15 is 0 Å². The van der Waals surface area contributed by atoms with Gasteiger partial charge in [0.05, 0.1) is 12.0 Å². The minimum atomic E-state index is -1.26. The summed E-state index contributed by atoms with van der Waals surface area (Å²) in [6, 6.07) is 7.44. The summed E-state index contributed by atoms with van der Waals surface area (Å²) >= 11 is 0. The topological polar surface area (TPSA) is 96.9 Å². The zero-order chi connectivity index (χ0) is 14.4. The van der Waals surface area contributed by atoms with Crippen LogP contribution < -0.4 is 16.2 Å². The van der Waals surface area contributed by atoms with E-state index in [0.29, 0.717) is 6.42 Å². The van der Waals surface area contributed by atoms with Gasteiger partial charge in [0.15, 0.2) is 6.04 Å². The highest BCUT2D eigenvalue weighted by atomic mass is 16.4. The molecular weight excluding hydrogens is 244 g/mol. The number of aliphatic carboxylic acids is 1. The predicted molar refractivity (Wildman–Crippen MR) is 68.5 cm³/mol. The molecule has 0 saturated carbocycles. The molecule has 5 heteroatoms. The molecule has 0 aromatic heterocycles. The first-order valence-electron chi connectivity index (χ1n) is 6.31. The van der Waals surface area contributed by atoms with Crippen molar-refractivity contribution in [1.82, 2.24) is 5.32 Å². The number of nitrogens with one attached hydrogen (secondary N) is 1. The lowest BCUT2D eigenvalue weighted by Gasteiger charge is -2.22. The van der Waals surface area contributed by atoms with Crippen molar-refractivity contribution in [3.8, 4) is 0 Å². The van der Waals surface area contributed by atoms with Gasteiger partial charge in [0.2, 0.25) is 0 Å². The third kappa shape index (κ3) is 4.71. The number of hydrogen-bond donors (Lipinski definition) is 2. The summed E-state index contributed by atoms with van der Waals surface area (Å²) in [7, 11) is 0. The van der Waals surface area contributed by atoms with Crippen molar-refractivity contribution in [3.63, 3.8) is 0 Å². The molecule has 1 aromatic rings. The zero-order valence-corrected chi connectivity index (χ0v) is 11.3. The molecule has 1 aromatic carbocycles. The molecule has 0 spiro atoms. The Kier molecular flexibility index (Phi) is 5.51. The number of amides is 1. The molecule has 0 radical (unpaired) electrons. The van der Waals surface area contributed by atoms with Gasteiger partial charge in [-0.05, 0) is 12.3 Å². The number of benzene rings is 1. The van der Waals surface area contributed by atoms with Crippen molar-refractivity contribution in [2.24, 2.45) is 5.92 Å². The Morgan fingerprint density at radius 2 is 1.84 bits per heavy atom. The maximum absolute atomic E-state index is 12.0. The van der Waals surface area contributed by atoms with Crippen LogP contribution >= 0.6 is 0 Å². The molecule has 0 fully saturated rings. The molecule has 0 unspecified atom stereocenters. The molecule has 5 nitrogen and oxygen atoms in total. The maximum atomic E-state index is 12.0. The first-order chi connectivity index (χ1) is 8.91. The van der Waals surface area contributed by atoms with Gasteiger partial charge in [-0.15, -0.1) is 0 Å². The monoisotopic (exact) mass is 264 g/mol. The number of carbonyl (C=O) groups excluding carboxylic acids is 2. The van der Waals surface area contributed by atoms with Crippen LogP contribution in [-0.2, 0) is 9.59 Å². The second kappa shape index (κ2) is 6.89. The molecular formula is C14H20N2O3. The van der Waals surface area contributed by atoms with Crippen molar-refractivity contribution in [1.29, 1.82) is 0 Å². The van der Waals surface area contributed by atoms with Crippen LogP contribution in [0.4, 0.5) is 0 Å². The van der Waals surface area contributed by atoms with Crippen molar-refractivity contribution in [2.45, 2.75) is 32.4 Å². The molecule has 1 rings (SSSR count). The highest BCUT2D eigenvalue weighted by molar-refractivity contribution is 5.86. The molecule has 2 atom stereocenters. The van der Waals surface area contributed by atoms with Gasteiger partial charge in [-0.2, -0.15) is 0 Å². The van der Waals surface area contributed by atoms with Crippen LogP contribution in [0.25, 0.3) is 0 Å². The van der Waals surface area contributed by atoms with Gasteiger partial charge in [0, 0.05) is 5.56 Å². The van der Waals surface area contributed by atoms with Crippen LogP contribution in [-0.4, -0.2) is 17.9 Å². The lowest BCUT2D eigenvalue weighted by Crippen LogP contribution is -2.62. The number of carboxylic acid groups (broad SMARTS) is 1. The van der Waals surface area contributed by atoms with E-state index in [2.05, 4.69) is 11.1 Å². The molecule has 0 heterocycles. The summed E-state index contributed by atoms with van der Waals surface area (Å²) in [6.07, 6.45) is 0.343. The van der Waals surface area contributed by atoms with E-state index in [1.807, 2.05) is 32.0 Å². The van der Waals surface area contributed by atoms with Crippen LogP contribution in [0, 0.1) is 5.92 Å². The summed E-state index contributed by atoms with van der Waals surface area (Å²) in [6.45, 7) is 3.78. The van der Waals surface area contributed by atoms with Gasteiger partial charge < -0.3 is 21.0 Å². The minimum absolute atomic E-state index is 0.156. The van der Waals surface area contributed by atoms with Gasteiger partial charge in [0.25, 0.3) is 5.91 Å². The Morgan fingerprint density at radius 1 is 1.26 bits per heavy atom. The van der Waals surface area contributed by atoms with Crippen LogP contribution in [0.1, 0.15) is 31.9 Å².